The summed E-state index contributed by atoms with van der Waals surface area (Å²) < 4.78 is 16.3. The number of thiophene rings is 1. The molecule has 1 unspecified atom stereocenters. The molecule has 4 N–H and O–H groups in total. The van der Waals surface area contributed by atoms with E-state index < -0.39 is 0 Å². The Kier molecular flexibility index (Phi) is 7.16. The molecule has 1 atom stereocenters. The van der Waals surface area contributed by atoms with Crippen molar-refractivity contribution in [3.63, 3.8) is 0 Å². The normalized spacial score (nSPS) is 12.5. The summed E-state index contributed by atoms with van der Waals surface area (Å²) in [6, 6.07) is 14.6. The lowest BCUT2D eigenvalue weighted by Gasteiger charge is -2.14. The number of hydrogen-bond acceptors (Lipinski definition) is 5. The number of carbonyl (C=O) groups is 1. The SMILES string of the molecule is CCC(CCCCNC(=O)c1sc2cc(F)ccc2c1Cl)c1nc(-c2cc3ccccc3[nH]2)c2c(N)nccn12. The van der Waals surface area contributed by atoms with Crippen molar-refractivity contribution < 1.29 is 9.18 Å². The van der Waals surface area contributed by atoms with Crippen LogP contribution in [0.3, 0.4) is 0 Å². The lowest BCUT2D eigenvalue weighted by molar-refractivity contribution is 0.0957. The summed E-state index contributed by atoms with van der Waals surface area (Å²) in [4.78, 5) is 26.1. The van der Waals surface area contributed by atoms with Gasteiger partial charge in [0, 0.05) is 45.8 Å². The summed E-state index contributed by atoms with van der Waals surface area (Å²) in [7, 11) is 0. The molecule has 0 fully saturated rings. The van der Waals surface area contributed by atoms with Crippen molar-refractivity contribution in [2.75, 3.05) is 12.3 Å². The first-order valence-electron chi connectivity index (χ1n) is 13.3. The van der Waals surface area contributed by atoms with Gasteiger partial charge in [0.25, 0.3) is 5.91 Å². The Morgan fingerprint density at radius 2 is 2.08 bits per heavy atom. The van der Waals surface area contributed by atoms with Gasteiger partial charge < -0.3 is 16.0 Å². The van der Waals surface area contributed by atoms with E-state index in [-0.39, 0.29) is 17.6 Å². The molecule has 2 aromatic carbocycles. The van der Waals surface area contributed by atoms with Crippen LogP contribution < -0.4 is 11.1 Å². The lowest BCUT2D eigenvalue weighted by Crippen LogP contribution is -2.23. The van der Waals surface area contributed by atoms with Crippen molar-refractivity contribution in [1.29, 1.82) is 0 Å². The summed E-state index contributed by atoms with van der Waals surface area (Å²) in [6.07, 6.45) is 7.15. The number of unbranched alkanes of at least 4 members (excludes halogenated alkanes) is 1. The summed E-state index contributed by atoms with van der Waals surface area (Å²) in [5.41, 5.74) is 9.89. The molecule has 10 heteroatoms. The fourth-order valence-corrected chi connectivity index (χ4v) is 6.72. The molecule has 1 amide bonds. The minimum absolute atomic E-state index is 0.204. The highest BCUT2D eigenvalue weighted by atomic mass is 35.5. The number of hydrogen-bond donors (Lipinski definition) is 3. The molecule has 6 aromatic rings. The van der Waals surface area contributed by atoms with E-state index in [9.17, 15) is 9.18 Å². The first-order valence-corrected chi connectivity index (χ1v) is 14.5. The third-order valence-corrected chi connectivity index (χ3v) is 8.97. The standard InChI is InChI=1S/C30H28ClFN6OS/c1-2-17(7-5-6-12-35-30(39)27-24(31)20-11-10-19(32)16-23(20)40-27)29-37-25(26-28(33)34-13-14-38(26)29)22-15-18-8-3-4-9-21(18)36-22/h3-4,8-11,13-17,36H,2,5-7,12H2,1H3,(H2,33,34)(H,35,39). The van der Waals surface area contributed by atoms with E-state index in [1.165, 1.54) is 23.5 Å². The van der Waals surface area contributed by atoms with Gasteiger partial charge in [0.15, 0.2) is 0 Å². The summed E-state index contributed by atoms with van der Waals surface area (Å²) in [5.74, 6) is 1.02. The Balaban J connectivity index is 1.15. The van der Waals surface area contributed by atoms with Crippen molar-refractivity contribution >= 4 is 61.2 Å². The van der Waals surface area contributed by atoms with Crippen LogP contribution in [0, 0.1) is 5.82 Å². The molecule has 204 valence electrons. The smallest absolute Gasteiger partial charge is 0.262 e. The Bertz CT molecular complexity index is 1820. The van der Waals surface area contributed by atoms with Crippen molar-refractivity contribution in [2.24, 2.45) is 0 Å². The van der Waals surface area contributed by atoms with E-state index in [4.69, 9.17) is 22.3 Å². The van der Waals surface area contributed by atoms with Crippen molar-refractivity contribution in [3.05, 3.63) is 82.5 Å². The number of H-pyrrole nitrogens is 1. The topological polar surface area (TPSA) is 101 Å². The number of rotatable bonds is 9. The molecule has 0 aliphatic heterocycles. The van der Waals surface area contributed by atoms with Crippen LogP contribution in [-0.4, -0.2) is 31.8 Å². The molecular weight excluding hydrogens is 547 g/mol. The highest BCUT2D eigenvalue weighted by Gasteiger charge is 2.23. The Morgan fingerprint density at radius 1 is 1.23 bits per heavy atom. The number of nitrogens with one attached hydrogen (secondary N) is 2. The van der Waals surface area contributed by atoms with Gasteiger partial charge in [-0.1, -0.05) is 43.1 Å². The maximum atomic E-state index is 13.6. The number of para-hydroxylation sites is 1. The van der Waals surface area contributed by atoms with Gasteiger partial charge in [-0.25, -0.2) is 14.4 Å². The predicted octanol–water partition coefficient (Wildman–Crippen LogP) is 7.56. The van der Waals surface area contributed by atoms with Crippen LogP contribution >= 0.6 is 22.9 Å². The monoisotopic (exact) mass is 574 g/mol. The third kappa shape index (κ3) is 4.80. The first kappa shape index (κ1) is 26.3. The number of carbonyl (C=O) groups excluding carboxylic acids is 1. The molecular formula is C30H28ClFN6OS. The molecule has 0 aliphatic rings. The van der Waals surface area contributed by atoms with Gasteiger partial charge in [-0.2, -0.15) is 0 Å². The molecule has 40 heavy (non-hydrogen) atoms. The second-order valence-electron chi connectivity index (χ2n) is 9.86. The van der Waals surface area contributed by atoms with Gasteiger partial charge >= 0.3 is 0 Å². The van der Waals surface area contributed by atoms with Gasteiger partial charge in [0.05, 0.1) is 10.7 Å². The second-order valence-corrected chi connectivity index (χ2v) is 11.3. The zero-order valence-corrected chi connectivity index (χ0v) is 23.5. The molecule has 6 rings (SSSR count). The van der Waals surface area contributed by atoms with E-state index >= 15 is 0 Å². The lowest BCUT2D eigenvalue weighted by atomic mass is 9.98. The Morgan fingerprint density at radius 3 is 2.90 bits per heavy atom. The Hall–Kier alpha value is -3.95. The number of amides is 1. The number of aromatic nitrogens is 4. The average molecular weight is 575 g/mol. The van der Waals surface area contributed by atoms with Gasteiger partial charge in [0.2, 0.25) is 0 Å². The van der Waals surface area contributed by atoms with Gasteiger partial charge in [-0.15, -0.1) is 11.3 Å². The number of benzene rings is 2. The molecule has 4 aromatic heterocycles. The van der Waals surface area contributed by atoms with Crippen LogP contribution in [0.25, 0.3) is 37.9 Å². The van der Waals surface area contributed by atoms with E-state index in [1.807, 2.05) is 24.4 Å². The predicted molar refractivity (Wildman–Crippen MR) is 161 cm³/mol. The van der Waals surface area contributed by atoms with Crippen LogP contribution in [-0.2, 0) is 0 Å². The van der Waals surface area contributed by atoms with Gasteiger partial charge in [-0.3, -0.25) is 9.20 Å². The minimum Gasteiger partial charge on any atom is -0.382 e. The zero-order chi connectivity index (χ0) is 27.8. The fourth-order valence-electron chi connectivity index (χ4n) is 5.26. The highest BCUT2D eigenvalue weighted by molar-refractivity contribution is 7.21. The summed E-state index contributed by atoms with van der Waals surface area (Å²) >= 11 is 7.61. The van der Waals surface area contributed by atoms with Crippen LogP contribution in [0.2, 0.25) is 5.02 Å². The first-order chi connectivity index (χ1) is 19.4. The van der Waals surface area contributed by atoms with Crippen LogP contribution in [0.15, 0.2) is 60.9 Å². The number of anilines is 1. The van der Waals surface area contributed by atoms with Crippen molar-refractivity contribution in [3.8, 4) is 11.4 Å². The maximum Gasteiger partial charge on any atom is 0.262 e. The van der Waals surface area contributed by atoms with E-state index in [1.54, 1.807) is 12.3 Å². The van der Waals surface area contributed by atoms with Crippen molar-refractivity contribution in [1.82, 2.24) is 24.7 Å². The number of fused-ring (bicyclic) bond motifs is 3. The molecule has 0 saturated heterocycles. The number of nitrogens with two attached hydrogens (primary N) is 1. The number of nitrogen functional groups attached to an aromatic ring is 1. The maximum absolute atomic E-state index is 13.6. The summed E-state index contributed by atoms with van der Waals surface area (Å²) in [5, 5.41) is 5.14. The second kappa shape index (κ2) is 10.9. The third-order valence-electron chi connectivity index (χ3n) is 7.32. The number of nitrogens with zero attached hydrogens (tertiary/aromatic N) is 3. The van der Waals surface area contributed by atoms with Gasteiger partial charge in [-0.05, 0) is 49.6 Å². The number of imidazole rings is 1. The Labute approximate surface area is 239 Å². The zero-order valence-electron chi connectivity index (χ0n) is 21.9. The molecule has 7 nitrogen and oxygen atoms in total. The molecule has 0 saturated carbocycles. The number of aromatic amines is 1. The van der Waals surface area contributed by atoms with E-state index in [0.29, 0.717) is 32.3 Å². The molecule has 0 radical (unpaired) electrons. The molecule has 0 spiro atoms. The highest BCUT2D eigenvalue weighted by Crippen LogP contribution is 2.36. The van der Waals surface area contributed by atoms with Crippen LogP contribution in [0.5, 0.6) is 0 Å². The minimum atomic E-state index is -0.347. The van der Waals surface area contributed by atoms with Crippen LogP contribution in [0.1, 0.15) is 54.0 Å². The average Bonchev–Trinajstić information content (AvgIpc) is 3.64. The molecule has 0 aliphatic carbocycles. The van der Waals surface area contributed by atoms with E-state index in [2.05, 4.69) is 38.7 Å². The fraction of sp³-hybridized carbons (Fsp3) is 0.233. The summed E-state index contributed by atoms with van der Waals surface area (Å²) in [6.45, 7) is 2.68. The molecule has 0 bridgehead atoms. The molecule has 4 heterocycles. The van der Waals surface area contributed by atoms with E-state index in [0.717, 1.165) is 59.3 Å². The van der Waals surface area contributed by atoms with Crippen LogP contribution in [0.4, 0.5) is 10.2 Å². The van der Waals surface area contributed by atoms with Gasteiger partial charge in [0.1, 0.15) is 33.5 Å². The quantitative estimate of drug-likeness (QED) is 0.155. The largest absolute Gasteiger partial charge is 0.382 e. The number of halogens is 2. The van der Waals surface area contributed by atoms with Crippen molar-refractivity contribution in [2.45, 2.75) is 38.5 Å².